The topological polar surface area (TPSA) is 67.6 Å². The molecule has 1 aliphatic carbocycles. The molecule has 0 radical (unpaired) electrons. The first-order chi connectivity index (χ1) is 12.5. The minimum absolute atomic E-state index is 0.156. The minimum Gasteiger partial charge on any atom is -0.480 e. The number of rotatable bonds is 4. The van der Waals surface area contributed by atoms with Gasteiger partial charge < -0.3 is 20.7 Å². The number of nitrogen functional groups attached to an aromatic ring is 1. The summed E-state index contributed by atoms with van der Waals surface area (Å²) in [7, 11) is 2.15. The van der Waals surface area contributed by atoms with E-state index in [1.807, 2.05) is 6.92 Å². The Morgan fingerprint density at radius 1 is 1.35 bits per heavy atom. The van der Waals surface area contributed by atoms with Crippen molar-refractivity contribution in [1.82, 2.24) is 10.2 Å². The molecule has 2 bridgehead atoms. The lowest BCUT2D eigenvalue weighted by molar-refractivity contribution is 0.0858. The highest BCUT2D eigenvalue weighted by Crippen LogP contribution is 2.37. The van der Waals surface area contributed by atoms with E-state index in [0.717, 1.165) is 19.5 Å². The maximum atomic E-state index is 12.9. The number of carbonyl (C=O) groups is 1. The number of anilines is 1. The molecule has 1 aliphatic heterocycles. The molecule has 6 heteroatoms. The zero-order valence-corrected chi connectivity index (χ0v) is 16.1. The van der Waals surface area contributed by atoms with Gasteiger partial charge in [0.2, 0.25) is 0 Å². The lowest BCUT2D eigenvalue weighted by Crippen LogP contribution is -2.51. The van der Waals surface area contributed by atoms with Crippen LogP contribution < -0.4 is 15.8 Å². The van der Waals surface area contributed by atoms with Crippen LogP contribution in [-0.2, 0) is 0 Å². The average molecular weight is 376 g/mol. The van der Waals surface area contributed by atoms with Gasteiger partial charge >= 0.3 is 0 Å². The summed E-state index contributed by atoms with van der Waals surface area (Å²) in [5, 5.41) is 3.58. The third-order valence-corrected chi connectivity index (χ3v) is 5.59. The number of piperidine rings is 1. The van der Waals surface area contributed by atoms with Crippen LogP contribution in [0.3, 0.4) is 0 Å². The predicted octanol–water partition coefficient (Wildman–Crippen LogP) is 2.78. The summed E-state index contributed by atoms with van der Waals surface area (Å²) in [6.45, 7) is 4.25. The lowest BCUT2D eigenvalue weighted by Gasteiger charge is -2.36. The molecular formula is C20H26ClN3O2. The molecule has 1 saturated heterocycles. The van der Waals surface area contributed by atoms with Crippen molar-refractivity contribution in [2.75, 3.05) is 32.5 Å². The van der Waals surface area contributed by atoms with Gasteiger partial charge in [0.1, 0.15) is 12.4 Å². The standard InChI is InChI=1S/C20H26ClN3O2/c1-3-4-5-8-26-18-10-17(22)16(21)9-15(18)20(25)23-19-13-6-7-14(19)12-24(2)11-13/h9-10,13-14,19H,3,6-8,11-12,22H2,1-2H3,(H,23,25). The van der Waals surface area contributed by atoms with Crippen molar-refractivity contribution in [2.24, 2.45) is 11.8 Å². The summed E-state index contributed by atoms with van der Waals surface area (Å²) < 4.78 is 5.69. The lowest BCUT2D eigenvalue weighted by atomic mass is 9.92. The van der Waals surface area contributed by atoms with Gasteiger partial charge in [-0.05, 0) is 37.8 Å². The van der Waals surface area contributed by atoms with E-state index in [4.69, 9.17) is 22.1 Å². The van der Waals surface area contributed by atoms with Crippen molar-refractivity contribution in [2.45, 2.75) is 32.2 Å². The van der Waals surface area contributed by atoms with E-state index < -0.39 is 0 Å². The molecule has 1 aromatic carbocycles. The first-order valence-corrected chi connectivity index (χ1v) is 9.54. The van der Waals surface area contributed by atoms with E-state index >= 15 is 0 Å². The van der Waals surface area contributed by atoms with Gasteiger partial charge in [0.05, 0.1) is 16.3 Å². The van der Waals surface area contributed by atoms with Crippen LogP contribution in [0, 0.1) is 23.7 Å². The van der Waals surface area contributed by atoms with Crippen LogP contribution >= 0.6 is 11.6 Å². The molecule has 2 aliphatic rings. The fourth-order valence-corrected chi connectivity index (χ4v) is 4.24. The molecule has 1 amide bonds. The second-order valence-electron chi connectivity index (χ2n) is 7.18. The van der Waals surface area contributed by atoms with Gasteiger partial charge in [0.15, 0.2) is 0 Å². The monoisotopic (exact) mass is 375 g/mol. The highest BCUT2D eigenvalue weighted by atomic mass is 35.5. The third kappa shape index (κ3) is 4.08. The Hall–Kier alpha value is -1.90. The van der Waals surface area contributed by atoms with Gasteiger partial charge in [-0.15, -0.1) is 5.92 Å². The van der Waals surface area contributed by atoms with Gasteiger partial charge in [0.25, 0.3) is 5.91 Å². The highest BCUT2D eigenvalue weighted by Gasteiger charge is 2.41. The Balaban J connectivity index is 1.76. The number of likely N-dealkylation sites (tertiary alicyclic amines) is 1. The number of amides is 1. The number of fused-ring (bicyclic) bond motifs is 2. The van der Waals surface area contributed by atoms with Crippen LogP contribution in [0.5, 0.6) is 5.75 Å². The normalized spacial score (nSPS) is 24.7. The summed E-state index contributed by atoms with van der Waals surface area (Å²) in [6, 6.07) is 3.41. The zero-order chi connectivity index (χ0) is 18.7. The number of hydrogen-bond donors (Lipinski definition) is 2. The second kappa shape index (κ2) is 8.20. The first-order valence-electron chi connectivity index (χ1n) is 9.16. The van der Waals surface area contributed by atoms with Crippen LogP contribution in [0.2, 0.25) is 5.02 Å². The molecule has 2 atom stereocenters. The number of nitrogens with two attached hydrogens (primary N) is 1. The molecule has 0 aromatic heterocycles. The molecule has 5 nitrogen and oxygen atoms in total. The number of halogens is 1. The Morgan fingerprint density at radius 3 is 2.69 bits per heavy atom. The van der Waals surface area contributed by atoms with E-state index in [-0.39, 0.29) is 18.6 Å². The van der Waals surface area contributed by atoms with Crippen LogP contribution in [0.15, 0.2) is 12.1 Å². The number of carbonyl (C=O) groups excluding carboxylic acids is 1. The van der Waals surface area contributed by atoms with E-state index in [2.05, 4.69) is 29.1 Å². The molecule has 1 aromatic rings. The van der Waals surface area contributed by atoms with E-state index in [1.165, 1.54) is 12.8 Å². The SMILES string of the molecule is CCC#CCOc1cc(N)c(Cl)cc1C(=O)NC1C2CCC1CN(C)C2. The van der Waals surface area contributed by atoms with Crippen molar-refractivity contribution in [3.8, 4) is 17.6 Å². The quantitative estimate of drug-likeness (QED) is 0.627. The van der Waals surface area contributed by atoms with E-state index in [1.54, 1.807) is 12.1 Å². The molecule has 2 unspecified atom stereocenters. The van der Waals surface area contributed by atoms with Crippen molar-refractivity contribution >= 4 is 23.2 Å². The average Bonchev–Trinajstić information content (AvgIpc) is 2.84. The van der Waals surface area contributed by atoms with Crippen LogP contribution in [-0.4, -0.2) is 43.6 Å². The van der Waals surface area contributed by atoms with Crippen molar-refractivity contribution in [3.63, 3.8) is 0 Å². The molecule has 140 valence electrons. The van der Waals surface area contributed by atoms with Crippen molar-refractivity contribution in [3.05, 3.63) is 22.7 Å². The molecule has 1 saturated carbocycles. The summed E-state index contributed by atoms with van der Waals surface area (Å²) in [5.74, 6) is 7.14. The number of hydrogen-bond acceptors (Lipinski definition) is 4. The summed E-state index contributed by atoms with van der Waals surface area (Å²) in [5.41, 5.74) is 6.70. The molecule has 0 spiro atoms. The third-order valence-electron chi connectivity index (χ3n) is 5.26. The number of ether oxygens (including phenoxy) is 1. The van der Waals surface area contributed by atoms with Gasteiger partial charge in [-0.25, -0.2) is 0 Å². The fraction of sp³-hybridized carbons (Fsp3) is 0.550. The summed E-state index contributed by atoms with van der Waals surface area (Å²) in [6.07, 6.45) is 3.09. The Labute approximate surface area is 160 Å². The first kappa shape index (κ1) is 18.9. The van der Waals surface area contributed by atoms with Gasteiger partial charge in [-0.1, -0.05) is 24.4 Å². The second-order valence-corrected chi connectivity index (χ2v) is 7.59. The maximum absolute atomic E-state index is 12.9. The van der Waals surface area contributed by atoms with Gasteiger partial charge in [0, 0.05) is 31.6 Å². The van der Waals surface area contributed by atoms with Crippen LogP contribution in [0.25, 0.3) is 0 Å². The number of benzene rings is 1. The molecular weight excluding hydrogens is 350 g/mol. The Kier molecular flexibility index (Phi) is 5.95. The van der Waals surface area contributed by atoms with Gasteiger partial charge in [-0.3, -0.25) is 4.79 Å². The molecule has 26 heavy (non-hydrogen) atoms. The zero-order valence-electron chi connectivity index (χ0n) is 15.3. The number of nitrogens with zero attached hydrogens (tertiary/aromatic N) is 1. The van der Waals surface area contributed by atoms with Crippen LogP contribution in [0.4, 0.5) is 5.69 Å². The largest absolute Gasteiger partial charge is 0.480 e. The summed E-state index contributed by atoms with van der Waals surface area (Å²) in [4.78, 5) is 15.3. The Bertz CT molecular complexity index is 727. The van der Waals surface area contributed by atoms with Crippen LogP contribution in [0.1, 0.15) is 36.5 Å². The molecule has 2 fully saturated rings. The van der Waals surface area contributed by atoms with E-state index in [0.29, 0.717) is 33.9 Å². The maximum Gasteiger partial charge on any atom is 0.255 e. The fourth-order valence-electron chi connectivity index (χ4n) is 4.08. The Morgan fingerprint density at radius 2 is 2.04 bits per heavy atom. The smallest absolute Gasteiger partial charge is 0.255 e. The minimum atomic E-state index is -0.156. The number of nitrogens with one attached hydrogen (secondary N) is 1. The van der Waals surface area contributed by atoms with E-state index in [9.17, 15) is 4.79 Å². The van der Waals surface area contributed by atoms with Crippen molar-refractivity contribution in [1.29, 1.82) is 0 Å². The molecule has 3 rings (SSSR count). The predicted molar refractivity (Wildman–Crippen MR) is 104 cm³/mol. The van der Waals surface area contributed by atoms with Gasteiger partial charge in [-0.2, -0.15) is 0 Å². The van der Waals surface area contributed by atoms with Crippen molar-refractivity contribution < 1.29 is 9.53 Å². The summed E-state index contributed by atoms with van der Waals surface area (Å²) >= 11 is 6.15. The molecule has 1 heterocycles. The highest BCUT2D eigenvalue weighted by molar-refractivity contribution is 6.33. The molecule has 3 N–H and O–H groups in total.